The molecule has 2 rings (SSSR count). The number of nitrogens with zero attached hydrogens (tertiary/aromatic N) is 1. The van der Waals surface area contributed by atoms with Gasteiger partial charge in [0.2, 0.25) is 0 Å². The molecule has 0 unspecified atom stereocenters. The lowest BCUT2D eigenvalue weighted by Crippen LogP contribution is -2.44. The number of nitrogens with one attached hydrogen (secondary N) is 1. The van der Waals surface area contributed by atoms with Crippen LogP contribution in [0.1, 0.15) is 43.3 Å². The second-order valence-corrected chi connectivity index (χ2v) is 6.84. The van der Waals surface area contributed by atoms with Gasteiger partial charge in [0.1, 0.15) is 5.01 Å². The SMILES string of the molecule is COCc1nc(CNCC2([C@H](C)CCO)CCC2)cs1. The molecule has 0 saturated heterocycles. The molecule has 1 saturated carbocycles. The van der Waals surface area contributed by atoms with E-state index >= 15 is 0 Å². The van der Waals surface area contributed by atoms with Gasteiger partial charge in [0.05, 0.1) is 12.3 Å². The van der Waals surface area contributed by atoms with Gasteiger partial charge < -0.3 is 15.2 Å². The summed E-state index contributed by atoms with van der Waals surface area (Å²) < 4.78 is 5.09. The minimum absolute atomic E-state index is 0.301. The Morgan fingerprint density at radius 2 is 2.35 bits per heavy atom. The van der Waals surface area contributed by atoms with Gasteiger partial charge >= 0.3 is 0 Å². The first-order chi connectivity index (χ1) is 9.70. The Labute approximate surface area is 125 Å². The van der Waals surface area contributed by atoms with E-state index in [2.05, 4.69) is 22.6 Å². The molecule has 1 atom stereocenters. The molecular weight excluding hydrogens is 272 g/mol. The maximum absolute atomic E-state index is 9.14. The molecule has 0 aromatic carbocycles. The second kappa shape index (κ2) is 7.50. The molecule has 1 aromatic heterocycles. The van der Waals surface area contributed by atoms with Crippen molar-refractivity contribution in [2.45, 2.75) is 45.8 Å². The van der Waals surface area contributed by atoms with E-state index in [1.807, 2.05) is 0 Å². The number of ether oxygens (including phenoxy) is 1. The minimum atomic E-state index is 0.301. The minimum Gasteiger partial charge on any atom is -0.396 e. The monoisotopic (exact) mass is 298 g/mol. The normalized spacial score (nSPS) is 18.8. The van der Waals surface area contributed by atoms with Crippen molar-refractivity contribution in [2.75, 3.05) is 20.3 Å². The van der Waals surface area contributed by atoms with Crippen LogP contribution in [0.4, 0.5) is 0 Å². The Kier molecular flexibility index (Phi) is 5.96. The molecule has 0 bridgehead atoms. The van der Waals surface area contributed by atoms with Gasteiger partial charge in [-0.3, -0.25) is 0 Å². The predicted octanol–water partition coefficient (Wildman–Crippen LogP) is 2.57. The lowest BCUT2D eigenvalue weighted by Gasteiger charge is -2.47. The van der Waals surface area contributed by atoms with Gasteiger partial charge in [-0.05, 0) is 30.6 Å². The zero-order valence-electron chi connectivity index (χ0n) is 12.5. The summed E-state index contributed by atoms with van der Waals surface area (Å²) in [6.45, 7) is 5.03. The van der Waals surface area contributed by atoms with Crippen LogP contribution in [0.5, 0.6) is 0 Å². The van der Waals surface area contributed by atoms with E-state index in [4.69, 9.17) is 9.84 Å². The average Bonchev–Trinajstić information content (AvgIpc) is 2.81. The van der Waals surface area contributed by atoms with Crippen LogP contribution in [0, 0.1) is 11.3 Å². The number of aliphatic hydroxyl groups excluding tert-OH is 1. The highest BCUT2D eigenvalue weighted by atomic mass is 32.1. The molecule has 1 aliphatic carbocycles. The van der Waals surface area contributed by atoms with E-state index in [0.29, 0.717) is 24.5 Å². The number of hydrogen-bond donors (Lipinski definition) is 2. The Balaban J connectivity index is 1.78. The first-order valence-electron chi connectivity index (χ1n) is 7.44. The molecular formula is C15H26N2O2S. The van der Waals surface area contributed by atoms with Crippen molar-refractivity contribution >= 4 is 11.3 Å². The van der Waals surface area contributed by atoms with Crippen molar-refractivity contribution in [1.82, 2.24) is 10.3 Å². The summed E-state index contributed by atoms with van der Waals surface area (Å²) in [6, 6.07) is 0. The van der Waals surface area contributed by atoms with E-state index in [-0.39, 0.29) is 0 Å². The topological polar surface area (TPSA) is 54.4 Å². The first-order valence-corrected chi connectivity index (χ1v) is 8.32. The van der Waals surface area contributed by atoms with Crippen molar-refractivity contribution in [3.63, 3.8) is 0 Å². The van der Waals surface area contributed by atoms with E-state index in [9.17, 15) is 0 Å². The molecule has 0 radical (unpaired) electrons. The zero-order valence-corrected chi connectivity index (χ0v) is 13.3. The zero-order chi connectivity index (χ0) is 14.4. The van der Waals surface area contributed by atoms with Crippen molar-refractivity contribution in [1.29, 1.82) is 0 Å². The van der Waals surface area contributed by atoms with Crippen LogP contribution in [0.3, 0.4) is 0 Å². The fraction of sp³-hybridized carbons (Fsp3) is 0.800. The molecule has 0 aliphatic heterocycles. The van der Waals surface area contributed by atoms with E-state index in [1.54, 1.807) is 18.4 Å². The van der Waals surface area contributed by atoms with Crippen molar-refractivity contribution < 1.29 is 9.84 Å². The summed E-state index contributed by atoms with van der Waals surface area (Å²) >= 11 is 1.66. The standard InChI is InChI=1S/C15H26N2O2S/c1-12(4-7-18)15(5-3-6-15)11-16-8-13-10-20-14(17-13)9-19-2/h10,12,16,18H,3-9,11H2,1-2H3/t12-/m1/s1. The van der Waals surface area contributed by atoms with Crippen LogP contribution in [0.25, 0.3) is 0 Å². The van der Waals surface area contributed by atoms with Crippen LogP contribution in [0.15, 0.2) is 5.38 Å². The van der Waals surface area contributed by atoms with Crippen molar-refractivity contribution in [3.05, 3.63) is 16.1 Å². The molecule has 4 nitrogen and oxygen atoms in total. The Bertz CT molecular complexity index is 404. The van der Waals surface area contributed by atoms with Crippen molar-refractivity contribution in [2.24, 2.45) is 11.3 Å². The number of aromatic nitrogens is 1. The number of hydrogen-bond acceptors (Lipinski definition) is 5. The van der Waals surface area contributed by atoms with Gasteiger partial charge in [-0.2, -0.15) is 0 Å². The molecule has 0 amide bonds. The van der Waals surface area contributed by atoms with Crippen LogP contribution in [-0.4, -0.2) is 30.4 Å². The van der Waals surface area contributed by atoms with Gasteiger partial charge in [-0.15, -0.1) is 11.3 Å². The lowest BCUT2D eigenvalue weighted by molar-refractivity contribution is 0.0426. The smallest absolute Gasteiger partial charge is 0.119 e. The molecule has 20 heavy (non-hydrogen) atoms. The second-order valence-electron chi connectivity index (χ2n) is 5.90. The third kappa shape index (κ3) is 3.79. The number of thiazole rings is 1. The Morgan fingerprint density at radius 1 is 1.55 bits per heavy atom. The van der Waals surface area contributed by atoms with Gasteiger partial charge in [0.25, 0.3) is 0 Å². The van der Waals surface area contributed by atoms with Crippen LogP contribution in [-0.2, 0) is 17.9 Å². The summed E-state index contributed by atoms with van der Waals surface area (Å²) in [5, 5.41) is 15.8. The number of aliphatic hydroxyl groups is 1. The number of methoxy groups -OCH3 is 1. The van der Waals surface area contributed by atoms with Gasteiger partial charge in [0, 0.05) is 32.2 Å². The Morgan fingerprint density at radius 3 is 2.95 bits per heavy atom. The quantitative estimate of drug-likeness (QED) is 0.736. The van der Waals surface area contributed by atoms with E-state index < -0.39 is 0 Å². The fourth-order valence-corrected chi connectivity index (χ4v) is 3.80. The van der Waals surface area contributed by atoms with Crippen molar-refractivity contribution in [3.8, 4) is 0 Å². The number of rotatable bonds is 9. The van der Waals surface area contributed by atoms with Crippen LogP contribution in [0.2, 0.25) is 0 Å². The maximum atomic E-state index is 9.14. The summed E-state index contributed by atoms with van der Waals surface area (Å²) in [5.41, 5.74) is 1.50. The molecule has 1 fully saturated rings. The van der Waals surface area contributed by atoms with E-state index in [0.717, 1.165) is 30.2 Å². The lowest BCUT2D eigenvalue weighted by atomic mass is 9.60. The maximum Gasteiger partial charge on any atom is 0.119 e. The third-order valence-corrected chi connectivity index (χ3v) is 5.48. The third-order valence-electron chi connectivity index (χ3n) is 4.61. The molecule has 1 aromatic rings. The summed E-state index contributed by atoms with van der Waals surface area (Å²) in [7, 11) is 1.70. The van der Waals surface area contributed by atoms with Gasteiger partial charge in [-0.25, -0.2) is 4.98 Å². The highest BCUT2D eigenvalue weighted by molar-refractivity contribution is 7.09. The van der Waals surface area contributed by atoms with Crippen LogP contribution < -0.4 is 5.32 Å². The highest BCUT2D eigenvalue weighted by Gasteiger charge is 2.40. The molecule has 1 heterocycles. The molecule has 5 heteroatoms. The predicted molar refractivity (Wildman–Crippen MR) is 81.7 cm³/mol. The van der Waals surface area contributed by atoms with E-state index in [1.165, 1.54) is 19.3 Å². The molecule has 114 valence electrons. The van der Waals surface area contributed by atoms with Crippen LogP contribution >= 0.6 is 11.3 Å². The fourth-order valence-electron chi connectivity index (χ4n) is 3.03. The summed E-state index contributed by atoms with van der Waals surface area (Å²) in [4.78, 5) is 4.54. The average molecular weight is 298 g/mol. The molecule has 2 N–H and O–H groups in total. The summed E-state index contributed by atoms with van der Waals surface area (Å²) in [5.74, 6) is 0.591. The molecule has 0 spiro atoms. The largest absolute Gasteiger partial charge is 0.396 e. The first kappa shape index (κ1) is 15.9. The summed E-state index contributed by atoms with van der Waals surface area (Å²) in [6.07, 6.45) is 4.81. The Hall–Kier alpha value is -0.490. The van der Waals surface area contributed by atoms with Gasteiger partial charge in [0.15, 0.2) is 0 Å². The van der Waals surface area contributed by atoms with Gasteiger partial charge in [-0.1, -0.05) is 13.3 Å². The highest BCUT2D eigenvalue weighted by Crippen LogP contribution is 2.47. The molecule has 1 aliphatic rings.